The summed E-state index contributed by atoms with van der Waals surface area (Å²) >= 11 is 5.04. The van der Waals surface area contributed by atoms with E-state index in [0.717, 1.165) is 11.3 Å². The van der Waals surface area contributed by atoms with E-state index >= 15 is 0 Å². The Balaban J connectivity index is 1.78. The lowest BCUT2D eigenvalue weighted by Crippen LogP contribution is -2.44. The minimum absolute atomic E-state index is 0.124. The van der Waals surface area contributed by atoms with Crippen LogP contribution in [0.3, 0.4) is 0 Å². The molecule has 0 radical (unpaired) electrons. The molecule has 0 saturated heterocycles. The van der Waals surface area contributed by atoms with Crippen LogP contribution in [0.1, 0.15) is 5.56 Å². The summed E-state index contributed by atoms with van der Waals surface area (Å²) in [6.45, 7) is 1.85. The molecular weight excluding hydrogens is 320 g/mol. The SMILES string of the molecule is Cc1ccc(NC(=S)NNC(=O)Cn2cnc([N+](=O)[O-])c2)cc1. The molecular formula is C13H14N6O3S. The second kappa shape index (κ2) is 7.31. The van der Waals surface area contributed by atoms with E-state index in [9.17, 15) is 14.9 Å². The molecule has 0 aliphatic rings. The van der Waals surface area contributed by atoms with E-state index in [0.29, 0.717) is 0 Å². The highest BCUT2D eigenvalue weighted by molar-refractivity contribution is 7.80. The second-order valence-electron chi connectivity index (χ2n) is 4.65. The molecule has 120 valence electrons. The third kappa shape index (κ3) is 5.04. The number of aryl methyl sites for hydroxylation is 1. The number of anilines is 1. The molecule has 2 aromatic rings. The van der Waals surface area contributed by atoms with E-state index in [1.54, 1.807) is 0 Å². The van der Waals surface area contributed by atoms with Crippen molar-refractivity contribution in [2.45, 2.75) is 13.5 Å². The Labute approximate surface area is 136 Å². The van der Waals surface area contributed by atoms with Gasteiger partial charge >= 0.3 is 5.82 Å². The average molecular weight is 334 g/mol. The molecule has 1 aromatic heterocycles. The molecule has 0 spiro atoms. The maximum absolute atomic E-state index is 11.7. The Hall–Kier alpha value is -3.01. The number of nitro groups is 1. The lowest BCUT2D eigenvalue weighted by Gasteiger charge is -2.11. The summed E-state index contributed by atoms with van der Waals surface area (Å²) in [6.07, 6.45) is 2.38. The van der Waals surface area contributed by atoms with Crippen LogP contribution in [0.2, 0.25) is 0 Å². The second-order valence-corrected chi connectivity index (χ2v) is 5.06. The molecule has 2 rings (SSSR count). The predicted octanol–water partition coefficient (Wildman–Crippen LogP) is 1.12. The zero-order valence-corrected chi connectivity index (χ0v) is 13.0. The van der Waals surface area contributed by atoms with Crippen molar-refractivity contribution in [3.8, 4) is 0 Å². The van der Waals surface area contributed by atoms with Crippen LogP contribution < -0.4 is 16.2 Å². The van der Waals surface area contributed by atoms with Gasteiger partial charge in [-0.3, -0.25) is 15.6 Å². The fraction of sp³-hybridized carbons (Fsp3) is 0.154. The van der Waals surface area contributed by atoms with Crippen LogP contribution in [-0.4, -0.2) is 25.5 Å². The maximum atomic E-state index is 11.7. The van der Waals surface area contributed by atoms with Gasteiger partial charge in [-0.1, -0.05) is 17.7 Å². The molecule has 1 aromatic carbocycles. The number of aromatic nitrogens is 2. The molecule has 9 nitrogen and oxygen atoms in total. The highest BCUT2D eigenvalue weighted by Gasteiger charge is 2.12. The highest BCUT2D eigenvalue weighted by Crippen LogP contribution is 2.08. The van der Waals surface area contributed by atoms with Crippen molar-refractivity contribution in [3.63, 3.8) is 0 Å². The number of rotatable bonds is 4. The number of thiocarbonyl (C=S) groups is 1. The molecule has 0 fully saturated rings. The Bertz CT molecular complexity index is 728. The number of amides is 1. The summed E-state index contributed by atoms with van der Waals surface area (Å²) in [6, 6.07) is 7.57. The first-order chi connectivity index (χ1) is 10.9. The van der Waals surface area contributed by atoms with Crippen LogP contribution in [-0.2, 0) is 11.3 Å². The van der Waals surface area contributed by atoms with Crippen LogP contribution in [0.15, 0.2) is 36.8 Å². The molecule has 0 aliphatic heterocycles. The monoisotopic (exact) mass is 334 g/mol. The lowest BCUT2D eigenvalue weighted by atomic mass is 10.2. The number of hydrogen-bond donors (Lipinski definition) is 3. The number of hydrazine groups is 1. The van der Waals surface area contributed by atoms with Crippen LogP contribution in [0.5, 0.6) is 0 Å². The molecule has 23 heavy (non-hydrogen) atoms. The van der Waals surface area contributed by atoms with Gasteiger partial charge in [0.2, 0.25) is 6.33 Å². The smallest absolute Gasteiger partial charge is 0.358 e. The summed E-state index contributed by atoms with van der Waals surface area (Å²) in [5, 5.41) is 13.6. The number of nitrogens with one attached hydrogen (secondary N) is 3. The van der Waals surface area contributed by atoms with Crippen LogP contribution in [0.4, 0.5) is 11.5 Å². The standard InChI is InChI=1S/C13H14N6O3S/c1-9-2-4-10(5-3-9)15-13(23)17-16-12(20)7-18-6-11(14-8-18)19(21)22/h2-6,8H,7H2,1H3,(H,16,20)(H2,15,17,23). The van der Waals surface area contributed by atoms with Crippen molar-refractivity contribution in [2.24, 2.45) is 0 Å². The highest BCUT2D eigenvalue weighted by atomic mass is 32.1. The van der Waals surface area contributed by atoms with E-state index < -0.39 is 10.8 Å². The Morgan fingerprint density at radius 2 is 2.04 bits per heavy atom. The predicted molar refractivity (Wildman–Crippen MR) is 87.6 cm³/mol. The van der Waals surface area contributed by atoms with Gasteiger partial charge in [-0.15, -0.1) is 0 Å². The van der Waals surface area contributed by atoms with Crippen molar-refractivity contribution in [2.75, 3.05) is 5.32 Å². The fourth-order valence-corrected chi connectivity index (χ4v) is 1.83. The molecule has 0 atom stereocenters. The number of benzene rings is 1. The van der Waals surface area contributed by atoms with Gasteiger partial charge in [-0.05, 0) is 41.2 Å². The minimum atomic E-state index is -0.632. The Morgan fingerprint density at radius 3 is 2.65 bits per heavy atom. The van der Waals surface area contributed by atoms with Gasteiger partial charge in [0.25, 0.3) is 5.91 Å². The van der Waals surface area contributed by atoms with E-state index in [4.69, 9.17) is 12.2 Å². The molecule has 10 heteroatoms. The molecule has 0 aliphatic carbocycles. The molecule has 1 amide bonds. The average Bonchev–Trinajstić information content (AvgIpc) is 2.96. The fourth-order valence-electron chi connectivity index (χ4n) is 1.66. The van der Waals surface area contributed by atoms with E-state index in [1.165, 1.54) is 17.1 Å². The summed E-state index contributed by atoms with van der Waals surface area (Å²) in [5.74, 6) is -0.743. The summed E-state index contributed by atoms with van der Waals surface area (Å²) in [4.78, 5) is 25.1. The molecule has 0 saturated carbocycles. The Kier molecular flexibility index (Phi) is 5.20. The van der Waals surface area contributed by atoms with Gasteiger partial charge in [0.15, 0.2) is 5.11 Å². The van der Waals surface area contributed by atoms with Gasteiger partial charge in [0.1, 0.15) is 12.7 Å². The normalized spacial score (nSPS) is 9.96. The van der Waals surface area contributed by atoms with E-state index in [-0.39, 0.29) is 17.5 Å². The van der Waals surface area contributed by atoms with Crippen molar-refractivity contribution in [3.05, 3.63) is 52.5 Å². The number of imidazole rings is 1. The topological polar surface area (TPSA) is 114 Å². The maximum Gasteiger partial charge on any atom is 0.381 e. The molecule has 1 heterocycles. The van der Waals surface area contributed by atoms with Crippen molar-refractivity contribution < 1.29 is 9.72 Å². The van der Waals surface area contributed by atoms with Gasteiger partial charge in [-0.25, -0.2) is 0 Å². The third-order valence-corrected chi connectivity index (χ3v) is 2.96. The van der Waals surface area contributed by atoms with Gasteiger partial charge in [0, 0.05) is 5.69 Å². The molecule has 0 bridgehead atoms. The van der Waals surface area contributed by atoms with E-state index in [2.05, 4.69) is 21.2 Å². The summed E-state index contributed by atoms with van der Waals surface area (Å²) < 4.78 is 1.30. The third-order valence-electron chi connectivity index (χ3n) is 2.76. The first-order valence-corrected chi connectivity index (χ1v) is 6.93. The van der Waals surface area contributed by atoms with Gasteiger partial charge in [-0.2, -0.15) is 0 Å². The first kappa shape index (κ1) is 16.4. The molecule has 3 N–H and O–H groups in total. The van der Waals surface area contributed by atoms with Gasteiger partial charge in [0.05, 0.1) is 0 Å². The van der Waals surface area contributed by atoms with Gasteiger partial charge < -0.3 is 20.0 Å². The zero-order valence-electron chi connectivity index (χ0n) is 12.1. The minimum Gasteiger partial charge on any atom is -0.358 e. The lowest BCUT2D eigenvalue weighted by molar-refractivity contribution is -0.389. The van der Waals surface area contributed by atoms with Crippen molar-refractivity contribution in [1.82, 2.24) is 20.4 Å². The largest absolute Gasteiger partial charge is 0.381 e. The first-order valence-electron chi connectivity index (χ1n) is 6.53. The number of carbonyl (C=O) groups is 1. The van der Waals surface area contributed by atoms with E-state index in [1.807, 2.05) is 31.2 Å². The van der Waals surface area contributed by atoms with Crippen LogP contribution in [0, 0.1) is 17.0 Å². The summed E-state index contributed by atoms with van der Waals surface area (Å²) in [5.41, 5.74) is 6.85. The number of nitrogens with zero attached hydrogens (tertiary/aromatic N) is 3. The summed E-state index contributed by atoms with van der Waals surface area (Å²) in [7, 11) is 0. The zero-order chi connectivity index (χ0) is 16.8. The van der Waals surface area contributed by atoms with Crippen LogP contribution in [0.25, 0.3) is 0 Å². The Morgan fingerprint density at radius 1 is 1.35 bits per heavy atom. The molecule has 0 unspecified atom stereocenters. The van der Waals surface area contributed by atoms with Crippen LogP contribution >= 0.6 is 12.2 Å². The quantitative estimate of drug-likeness (QED) is 0.436. The number of hydrogen-bond acceptors (Lipinski definition) is 5. The van der Waals surface area contributed by atoms with Crippen molar-refractivity contribution >= 4 is 34.7 Å². The van der Waals surface area contributed by atoms with Crippen molar-refractivity contribution in [1.29, 1.82) is 0 Å². The number of carbonyl (C=O) groups excluding carboxylic acids is 1.